The first kappa shape index (κ1) is 16.0. The molecule has 112 valence electrons. The number of benzene rings is 1. The Morgan fingerprint density at radius 3 is 2.65 bits per heavy atom. The van der Waals surface area contributed by atoms with Crippen LogP contribution in [0.5, 0.6) is 0 Å². The molecule has 1 unspecified atom stereocenters. The lowest BCUT2D eigenvalue weighted by atomic mass is 9.77. The molecule has 0 heterocycles. The lowest BCUT2D eigenvalue weighted by Gasteiger charge is -2.35. The van der Waals surface area contributed by atoms with Crippen LogP contribution in [0.2, 0.25) is 0 Å². The van der Waals surface area contributed by atoms with E-state index in [2.05, 4.69) is 35.1 Å². The van der Waals surface area contributed by atoms with Gasteiger partial charge in [-0.1, -0.05) is 48.7 Å². The highest BCUT2D eigenvalue weighted by molar-refractivity contribution is 9.10. The Labute approximate surface area is 130 Å². The Hall–Kier alpha value is -0.410. The molecule has 0 aromatic heterocycles. The van der Waals surface area contributed by atoms with E-state index in [1.165, 1.54) is 25.7 Å². The molecule has 1 atom stereocenters. The maximum atomic E-state index is 14.1. The summed E-state index contributed by atoms with van der Waals surface area (Å²) in [4.78, 5) is 0. The number of hydrogen-bond acceptors (Lipinski definition) is 1. The van der Waals surface area contributed by atoms with Gasteiger partial charge in [-0.15, -0.1) is 0 Å². The Balaban J connectivity index is 2.14. The van der Waals surface area contributed by atoms with E-state index in [-0.39, 0.29) is 5.82 Å². The van der Waals surface area contributed by atoms with Crippen molar-refractivity contribution < 1.29 is 4.39 Å². The maximum absolute atomic E-state index is 14.1. The first-order valence-electron chi connectivity index (χ1n) is 7.72. The molecule has 0 radical (unpaired) electrons. The summed E-state index contributed by atoms with van der Waals surface area (Å²) in [7, 11) is 0. The van der Waals surface area contributed by atoms with Crippen molar-refractivity contribution in [3.63, 3.8) is 0 Å². The molecule has 1 aromatic rings. The van der Waals surface area contributed by atoms with E-state index >= 15 is 0 Å². The molecule has 1 aromatic carbocycles. The van der Waals surface area contributed by atoms with Gasteiger partial charge in [-0.05, 0) is 55.3 Å². The van der Waals surface area contributed by atoms with E-state index in [9.17, 15) is 4.39 Å². The van der Waals surface area contributed by atoms with Crippen LogP contribution >= 0.6 is 15.9 Å². The summed E-state index contributed by atoms with van der Waals surface area (Å²) in [6.45, 7) is 5.56. The van der Waals surface area contributed by atoms with E-state index in [4.69, 9.17) is 0 Å². The molecule has 0 bridgehead atoms. The number of halogens is 2. The highest BCUT2D eigenvalue weighted by atomic mass is 79.9. The van der Waals surface area contributed by atoms with Crippen LogP contribution in [0.1, 0.15) is 51.5 Å². The minimum atomic E-state index is -0.0933. The largest absolute Gasteiger partial charge is 0.313 e. The van der Waals surface area contributed by atoms with Crippen LogP contribution < -0.4 is 5.32 Å². The topological polar surface area (TPSA) is 12.0 Å². The molecule has 3 heteroatoms. The molecule has 1 aliphatic rings. The van der Waals surface area contributed by atoms with Crippen LogP contribution in [0.15, 0.2) is 22.7 Å². The zero-order valence-electron chi connectivity index (χ0n) is 12.5. The normalized spacial score (nSPS) is 19.2. The third kappa shape index (κ3) is 3.82. The van der Waals surface area contributed by atoms with Crippen molar-refractivity contribution >= 4 is 15.9 Å². The van der Waals surface area contributed by atoms with Gasteiger partial charge in [0, 0.05) is 10.5 Å². The van der Waals surface area contributed by atoms with Gasteiger partial charge in [0.1, 0.15) is 5.82 Å². The molecule has 1 N–H and O–H groups in total. The van der Waals surface area contributed by atoms with E-state index in [0.717, 1.165) is 29.4 Å². The Morgan fingerprint density at radius 2 is 2.05 bits per heavy atom. The van der Waals surface area contributed by atoms with Gasteiger partial charge in [-0.25, -0.2) is 4.39 Å². The van der Waals surface area contributed by atoms with Gasteiger partial charge < -0.3 is 5.32 Å². The third-order valence-electron chi connectivity index (χ3n) is 4.67. The van der Waals surface area contributed by atoms with E-state index in [1.54, 1.807) is 6.07 Å². The van der Waals surface area contributed by atoms with Gasteiger partial charge in [0.2, 0.25) is 0 Å². The van der Waals surface area contributed by atoms with Crippen LogP contribution in [0.4, 0.5) is 4.39 Å². The predicted molar refractivity (Wildman–Crippen MR) is 86.5 cm³/mol. The zero-order valence-corrected chi connectivity index (χ0v) is 14.1. The zero-order chi connectivity index (χ0) is 14.6. The lowest BCUT2D eigenvalue weighted by Crippen LogP contribution is -2.44. The molecule has 2 rings (SSSR count). The van der Waals surface area contributed by atoms with Crippen LogP contribution in [0.25, 0.3) is 0 Å². The summed E-state index contributed by atoms with van der Waals surface area (Å²) in [6, 6.07) is 5.80. The summed E-state index contributed by atoms with van der Waals surface area (Å²) in [6.07, 6.45) is 7.04. The maximum Gasteiger partial charge on any atom is 0.127 e. The molecule has 0 saturated heterocycles. The Morgan fingerprint density at radius 1 is 1.35 bits per heavy atom. The lowest BCUT2D eigenvalue weighted by molar-refractivity contribution is 0.218. The molecule has 1 fully saturated rings. The fourth-order valence-corrected chi connectivity index (χ4v) is 3.65. The average Bonchev–Trinajstić information content (AvgIpc) is 2.84. The summed E-state index contributed by atoms with van der Waals surface area (Å²) >= 11 is 3.33. The molecule has 0 amide bonds. The predicted octanol–water partition coefficient (Wildman–Crippen LogP) is 5.08. The van der Waals surface area contributed by atoms with Gasteiger partial charge in [0.25, 0.3) is 0 Å². The second-order valence-corrected chi connectivity index (χ2v) is 7.22. The van der Waals surface area contributed by atoms with Crippen LogP contribution in [-0.2, 0) is 6.42 Å². The summed E-state index contributed by atoms with van der Waals surface area (Å²) in [5.74, 6) is -0.0933. The molecule has 1 aliphatic carbocycles. The Kier molecular flexibility index (Phi) is 5.62. The second-order valence-electron chi connectivity index (χ2n) is 6.31. The molecule has 1 nitrogen and oxygen atoms in total. The average molecular weight is 342 g/mol. The van der Waals surface area contributed by atoms with Crippen LogP contribution in [-0.4, -0.2) is 12.6 Å². The monoisotopic (exact) mass is 341 g/mol. The van der Waals surface area contributed by atoms with Crippen molar-refractivity contribution in [2.75, 3.05) is 6.54 Å². The van der Waals surface area contributed by atoms with Crippen molar-refractivity contribution in [1.82, 2.24) is 5.32 Å². The fourth-order valence-electron chi connectivity index (χ4n) is 3.32. The summed E-state index contributed by atoms with van der Waals surface area (Å²) < 4.78 is 14.9. The van der Waals surface area contributed by atoms with E-state index in [0.29, 0.717) is 11.5 Å². The minimum Gasteiger partial charge on any atom is -0.313 e. The highest BCUT2D eigenvalue weighted by Crippen LogP contribution is 2.41. The quantitative estimate of drug-likeness (QED) is 0.760. The van der Waals surface area contributed by atoms with Gasteiger partial charge in [-0.3, -0.25) is 0 Å². The number of rotatable bonds is 6. The second kappa shape index (κ2) is 7.04. The van der Waals surface area contributed by atoms with Crippen LogP contribution in [0, 0.1) is 11.2 Å². The van der Waals surface area contributed by atoms with Crippen molar-refractivity contribution in [2.24, 2.45) is 5.41 Å². The van der Waals surface area contributed by atoms with Gasteiger partial charge in [-0.2, -0.15) is 0 Å². The first-order valence-corrected chi connectivity index (χ1v) is 8.52. The van der Waals surface area contributed by atoms with Crippen molar-refractivity contribution in [1.29, 1.82) is 0 Å². The highest BCUT2D eigenvalue weighted by Gasteiger charge is 2.36. The third-order valence-corrected chi connectivity index (χ3v) is 5.16. The summed E-state index contributed by atoms with van der Waals surface area (Å²) in [5.41, 5.74) is 1.14. The molecule has 0 spiro atoms. The SMILES string of the molecule is CCCNC(Cc1ccc(Br)cc1F)C1(C)CCCC1. The minimum absolute atomic E-state index is 0.0933. The molecular weight excluding hydrogens is 317 g/mol. The van der Waals surface area contributed by atoms with Crippen molar-refractivity contribution in [3.8, 4) is 0 Å². The van der Waals surface area contributed by atoms with Gasteiger partial charge >= 0.3 is 0 Å². The number of nitrogens with one attached hydrogen (secondary N) is 1. The summed E-state index contributed by atoms with van der Waals surface area (Å²) in [5, 5.41) is 3.66. The van der Waals surface area contributed by atoms with E-state index in [1.807, 2.05) is 12.1 Å². The van der Waals surface area contributed by atoms with Gasteiger partial charge in [0.05, 0.1) is 0 Å². The molecule has 0 aliphatic heterocycles. The standard InChI is InChI=1S/C17H25BrFN/c1-3-10-20-16(17(2)8-4-5-9-17)11-13-6-7-14(18)12-15(13)19/h6-7,12,16,20H,3-5,8-11H2,1-2H3. The van der Waals surface area contributed by atoms with E-state index < -0.39 is 0 Å². The molecule has 1 saturated carbocycles. The van der Waals surface area contributed by atoms with Crippen molar-refractivity contribution in [3.05, 3.63) is 34.1 Å². The molecular formula is C17H25BrFN. The first-order chi connectivity index (χ1) is 9.55. The Bertz CT molecular complexity index is 441. The van der Waals surface area contributed by atoms with Gasteiger partial charge in [0.15, 0.2) is 0 Å². The van der Waals surface area contributed by atoms with Crippen molar-refractivity contribution in [2.45, 2.75) is 58.4 Å². The van der Waals surface area contributed by atoms with Crippen LogP contribution in [0.3, 0.4) is 0 Å². The smallest absolute Gasteiger partial charge is 0.127 e. The number of hydrogen-bond donors (Lipinski definition) is 1. The molecule has 20 heavy (non-hydrogen) atoms. The fraction of sp³-hybridized carbons (Fsp3) is 0.647.